The van der Waals surface area contributed by atoms with Crippen molar-refractivity contribution < 1.29 is 17.6 Å². The Morgan fingerprint density at radius 2 is 2.00 bits per heavy atom. The van der Waals surface area contributed by atoms with E-state index in [9.17, 15) is 17.6 Å². The highest BCUT2D eigenvalue weighted by atomic mass is 79.9. The van der Waals surface area contributed by atoms with Crippen molar-refractivity contribution in [3.8, 4) is 10.6 Å². The topological polar surface area (TPSA) is 79.4 Å². The maximum Gasteiger partial charge on any atom is 0.243 e. The molecule has 1 atom stereocenters. The number of hydrogen-bond donors (Lipinski definition) is 1. The van der Waals surface area contributed by atoms with Gasteiger partial charge in [0, 0.05) is 18.5 Å². The number of benzene rings is 1. The third-order valence-corrected chi connectivity index (χ3v) is 9.05. The molecule has 158 valence electrons. The Hall–Kier alpha value is -1.66. The Balaban J connectivity index is 1.44. The number of sulfonamides is 1. The van der Waals surface area contributed by atoms with Crippen molar-refractivity contribution >= 4 is 59.7 Å². The Bertz CT molecular complexity index is 1160. The number of piperidine rings is 1. The lowest BCUT2D eigenvalue weighted by Gasteiger charge is -2.31. The van der Waals surface area contributed by atoms with Gasteiger partial charge in [-0.25, -0.2) is 17.8 Å². The molecule has 1 fully saturated rings. The van der Waals surface area contributed by atoms with Gasteiger partial charge in [0.1, 0.15) is 5.82 Å². The number of carbonyl (C=O) groups excluding carboxylic acids is 1. The van der Waals surface area contributed by atoms with E-state index in [0.29, 0.717) is 24.5 Å². The molecule has 1 aliphatic rings. The number of nitrogens with zero attached hydrogens (tertiary/aromatic N) is 2. The first kappa shape index (κ1) is 21.6. The molecular formula is C19H17BrFN3O3S3. The van der Waals surface area contributed by atoms with Crippen molar-refractivity contribution in [3.05, 3.63) is 51.4 Å². The molecule has 30 heavy (non-hydrogen) atoms. The number of amides is 1. The Kier molecular flexibility index (Phi) is 6.35. The molecule has 2 aromatic heterocycles. The van der Waals surface area contributed by atoms with Crippen molar-refractivity contribution in [2.45, 2.75) is 17.7 Å². The van der Waals surface area contributed by atoms with Gasteiger partial charge in [-0.1, -0.05) is 0 Å². The van der Waals surface area contributed by atoms with Crippen molar-refractivity contribution in [1.82, 2.24) is 9.29 Å². The number of thiazole rings is 1. The van der Waals surface area contributed by atoms with Gasteiger partial charge in [0.05, 0.1) is 25.2 Å². The van der Waals surface area contributed by atoms with E-state index < -0.39 is 21.8 Å². The largest absolute Gasteiger partial charge is 0.302 e. The molecule has 1 unspecified atom stereocenters. The second-order valence-corrected chi connectivity index (χ2v) is 12.0. The van der Waals surface area contributed by atoms with Crippen LogP contribution in [0.1, 0.15) is 12.8 Å². The molecular weight excluding hydrogens is 513 g/mol. The van der Waals surface area contributed by atoms with Crippen LogP contribution in [-0.4, -0.2) is 36.7 Å². The standard InChI is InChI=1S/C19H17BrFN3O3S3/c20-17-8-7-16(29-17)15-11-28-19(22-15)23-18(25)12-2-1-9-24(10-12)30(26,27)14-5-3-13(21)4-6-14/h3-8,11-12H,1-2,9-10H2,(H,22,23,25). The molecule has 0 aliphatic carbocycles. The summed E-state index contributed by atoms with van der Waals surface area (Å²) >= 11 is 6.31. The molecule has 1 saturated heterocycles. The molecule has 3 heterocycles. The number of hydrogen-bond acceptors (Lipinski definition) is 6. The second-order valence-electron chi connectivity index (χ2n) is 6.79. The first-order valence-electron chi connectivity index (χ1n) is 9.11. The van der Waals surface area contributed by atoms with Gasteiger partial charge in [0.25, 0.3) is 0 Å². The normalized spacial score (nSPS) is 17.7. The molecule has 1 aromatic carbocycles. The molecule has 6 nitrogen and oxygen atoms in total. The van der Waals surface area contributed by atoms with Crippen LogP contribution in [0.25, 0.3) is 10.6 Å². The van der Waals surface area contributed by atoms with Gasteiger partial charge in [-0.15, -0.1) is 22.7 Å². The Labute approximate surface area is 189 Å². The minimum absolute atomic E-state index is 0.0247. The summed E-state index contributed by atoms with van der Waals surface area (Å²) in [6.45, 7) is 0.416. The van der Waals surface area contributed by atoms with E-state index in [-0.39, 0.29) is 17.3 Å². The predicted octanol–water partition coefficient (Wildman–Crippen LogP) is 4.81. The second kappa shape index (κ2) is 8.83. The van der Waals surface area contributed by atoms with E-state index in [0.717, 1.165) is 26.5 Å². The van der Waals surface area contributed by atoms with E-state index >= 15 is 0 Å². The molecule has 1 aliphatic heterocycles. The van der Waals surface area contributed by atoms with E-state index in [1.54, 1.807) is 11.3 Å². The van der Waals surface area contributed by atoms with Crippen LogP contribution in [0.5, 0.6) is 0 Å². The van der Waals surface area contributed by atoms with Crippen molar-refractivity contribution in [2.24, 2.45) is 5.92 Å². The fraction of sp³-hybridized carbons (Fsp3) is 0.263. The van der Waals surface area contributed by atoms with Crippen LogP contribution in [0, 0.1) is 11.7 Å². The van der Waals surface area contributed by atoms with Crippen LogP contribution in [-0.2, 0) is 14.8 Å². The summed E-state index contributed by atoms with van der Waals surface area (Å²) in [5.41, 5.74) is 0.787. The first-order valence-corrected chi connectivity index (χ1v) is 13.0. The lowest BCUT2D eigenvalue weighted by atomic mass is 9.99. The lowest BCUT2D eigenvalue weighted by Crippen LogP contribution is -2.43. The Morgan fingerprint density at radius 3 is 2.70 bits per heavy atom. The van der Waals surface area contributed by atoms with Crippen LogP contribution < -0.4 is 5.32 Å². The molecule has 3 aromatic rings. The van der Waals surface area contributed by atoms with Gasteiger partial charge < -0.3 is 5.32 Å². The van der Waals surface area contributed by atoms with Gasteiger partial charge in [-0.3, -0.25) is 4.79 Å². The zero-order valence-electron chi connectivity index (χ0n) is 15.5. The summed E-state index contributed by atoms with van der Waals surface area (Å²) in [4.78, 5) is 18.2. The average Bonchev–Trinajstić information content (AvgIpc) is 3.37. The number of halogens is 2. The maximum absolute atomic E-state index is 13.1. The highest BCUT2D eigenvalue weighted by molar-refractivity contribution is 9.11. The van der Waals surface area contributed by atoms with E-state index in [1.807, 2.05) is 17.5 Å². The summed E-state index contributed by atoms with van der Waals surface area (Å²) < 4.78 is 41.1. The zero-order valence-corrected chi connectivity index (χ0v) is 19.6. The SMILES string of the molecule is O=C(Nc1nc(-c2ccc(Br)s2)cs1)C1CCCN(S(=O)(=O)c2ccc(F)cc2)C1. The van der Waals surface area contributed by atoms with E-state index in [2.05, 4.69) is 26.2 Å². The molecule has 0 spiro atoms. The van der Waals surface area contributed by atoms with Crippen molar-refractivity contribution in [2.75, 3.05) is 18.4 Å². The molecule has 1 N–H and O–H groups in total. The third-order valence-electron chi connectivity index (χ3n) is 4.77. The summed E-state index contributed by atoms with van der Waals surface area (Å²) in [5, 5.41) is 5.18. The number of anilines is 1. The van der Waals surface area contributed by atoms with Gasteiger partial charge in [-0.2, -0.15) is 4.31 Å². The maximum atomic E-state index is 13.1. The monoisotopic (exact) mass is 529 g/mol. The molecule has 0 saturated carbocycles. The molecule has 0 radical (unpaired) electrons. The number of rotatable bonds is 5. The van der Waals surface area contributed by atoms with Crippen LogP contribution >= 0.6 is 38.6 Å². The number of thiophene rings is 1. The summed E-state index contributed by atoms with van der Waals surface area (Å²) in [7, 11) is -3.78. The predicted molar refractivity (Wildman–Crippen MR) is 120 cm³/mol. The number of carbonyl (C=O) groups is 1. The highest BCUT2D eigenvalue weighted by Gasteiger charge is 2.33. The van der Waals surface area contributed by atoms with Crippen LogP contribution in [0.15, 0.2) is 50.5 Å². The minimum Gasteiger partial charge on any atom is -0.302 e. The van der Waals surface area contributed by atoms with Gasteiger partial charge in [0.2, 0.25) is 15.9 Å². The van der Waals surface area contributed by atoms with Gasteiger partial charge >= 0.3 is 0 Å². The van der Waals surface area contributed by atoms with Crippen molar-refractivity contribution in [3.63, 3.8) is 0 Å². The first-order chi connectivity index (χ1) is 14.3. The lowest BCUT2D eigenvalue weighted by molar-refractivity contribution is -0.120. The van der Waals surface area contributed by atoms with Crippen molar-refractivity contribution in [1.29, 1.82) is 0 Å². The summed E-state index contributed by atoms with van der Waals surface area (Å²) in [6, 6.07) is 8.62. The highest BCUT2D eigenvalue weighted by Crippen LogP contribution is 2.33. The summed E-state index contributed by atoms with van der Waals surface area (Å²) in [5.74, 6) is -1.22. The summed E-state index contributed by atoms with van der Waals surface area (Å²) in [6.07, 6.45) is 1.17. The minimum atomic E-state index is -3.78. The van der Waals surface area contributed by atoms with E-state index in [4.69, 9.17) is 0 Å². The van der Waals surface area contributed by atoms with E-state index in [1.165, 1.54) is 27.8 Å². The number of nitrogens with one attached hydrogen (secondary N) is 1. The van der Waals surface area contributed by atoms with Crippen LogP contribution in [0.4, 0.5) is 9.52 Å². The van der Waals surface area contributed by atoms with Crippen LogP contribution in [0.3, 0.4) is 0 Å². The number of aromatic nitrogens is 1. The molecule has 11 heteroatoms. The molecule has 0 bridgehead atoms. The third kappa shape index (κ3) is 4.65. The molecule has 1 amide bonds. The zero-order chi connectivity index (χ0) is 21.3. The average molecular weight is 530 g/mol. The van der Waals surface area contributed by atoms with Gasteiger partial charge in [-0.05, 0) is 65.2 Å². The smallest absolute Gasteiger partial charge is 0.243 e. The van der Waals surface area contributed by atoms with Gasteiger partial charge in [0.15, 0.2) is 5.13 Å². The van der Waals surface area contributed by atoms with Crippen LogP contribution in [0.2, 0.25) is 0 Å². The Morgan fingerprint density at radius 1 is 1.23 bits per heavy atom. The fourth-order valence-electron chi connectivity index (χ4n) is 3.23. The fourth-order valence-corrected chi connectivity index (χ4v) is 6.89. The molecule has 4 rings (SSSR count). The quantitative estimate of drug-likeness (QED) is 0.514.